The van der Waals surface area contributed by atoms with E-state index in [9.17, 15) is 9.59 Å². The van der Waals surface area contributed by atoms with Crippen molar-refractivity contribution < 1.29 is 14.3 Å². The molecule has 24 heavy (non-hydrogen) atoms. The second-order valence-corrected chi connectivity index (χ2v) is 6.49. The summed E-state index contributed by atoms with van der Waals surface area (Å²) in [5, 5.41) is 7.01. The van der Waals surface area contributed by atoms with Crippen LogP contribution in [0, 0.1) is 0 Å². The normalized spacial score (nSPS) is 12.0. The minimum atomic E-state index is -0.173. The maximum absolute atomic E-state index is 12.0. The fourth-order valence-corrected chi connectivity index (χ4v) is 2.97. The molecule has 1 aromatic heterocycles. The van der Waals surface area contributed by atoms with E-state index in [1.165, 1.54) is 12.5 Å². The molecule has 1 atom stereocenters. The number of ketones is 1. The third-order valence-electron chi connectivity index (χ3n) is 3.67. The van der Waals surface area contributed by atoms with Crippen LogP contribution in [0.3, 0.4) is 0 Å². The minimum Gasteiger partial charge on any atom is -0.484 e. The number of amides is 1. The van der Waals surface area contributed by atoms with Gasteiger partial charge in [-0.05, 0) is 67.7 Å². The van der Waals surface area contributed by atoms with Crippen molar-refractivity contribution in [1.29, 1.82) is 0 Å². The average molecular weight is 346 g/mol. The average Bonchev–Trinajstić information content (AvgIpc) is 3.07. The first-order chi connectivity index (χ1) is 11.5. The first-order valence-electron chi connectivity index (χ1n) is 7.66. The Hall–Kier alpha value is -2.18. The molecule has 0 fully saturated rings. The number of Topliss-reactive ketones (excluding diaryl/α,β-unsaturated/α-hetero) is 1. The Bertz CT molecular complexity index is 666. The molecule has 0 saturated heterocycles. The lowest BCUT2D eigenvalue weighted by atomic mass is 10.1. The molecule has 5 nitrogen and oxygen atoms in total. The first-order valence-corrected chi connectivity index (χ1v) is 8.60. The molecule has 0 bridgehead atoms. The third-order valence-corrected chi connectivity index (χ3v) is 4.38. The van der Waals surface area contributed by atoms with Gasteiger partial charge in [0.1, 0.15) is 5.75 Å². The number of likely N-dealkylation sites (N-methyl/N-ethyl adjacent to an activating group) is 1. The number of hydrogen-bond donors (Lipinski definition) is 1. The Morgan fingerprint density at radius 3 is 2.46 bits per heavy atom. The highest BCUT2D eigenvalue weighted by Gasteiger charge is 2.15. The van der Waals surface area contributed by atoms with Crippen LogP contribution in [0.4, 0.5) is 0 Å². The van der Waals surface area contributed by atoms with Crippen molar-refractivity contribution in [2.45, 2.75) is 13.0 Å². The smallest absolute Gasteiger partial charge is 0.258 e. The highest BCUT2D eigenvalue weighted by atomic mass is 32.1. The van der Waals surface area contributed by atoms with Crippen LogP contribution in [-0.2, 0) is 4.79 Å². The predicted molar refractivity (Wildman–Crippen MR) is 95.7 cm³/mol. The molecule has 2 aromatic rings. The van der Waals surface area contributed by atoms with Crippen molar-refractivity contribution >= 4 is 23.0 Å². The highest BCUT2D eigenvalue weighted by molar-refractivity contribution is 7.07. The van der Waals surface area contributed by atoms with Crippen LogP contribution in [0.5, 0.6) is 5.75 Å². The van der Waals surface area contributed by atoms with Gasteiger partial charge in [0, 0.05) is 12.1 Å². The number of carbonyl (C=O) groups excluding carboxylic acids is 2. The van der Waals surface area contributed by atoms with E-state index in [4.69, 9.17) is 4.74 Å². The highest BCUT2D eigenvalue weighted by Crippen LogP contribution is 2.20. The van der Waals surface area contributed by atoms with E-state index in [1.54, 1.807) is 35.6 Å². The maximum atomic E-state index is 12.0. The van der Waals surface area contributed by atoms with E-state index >= 15 is 0 Å². The van der Waals surface area contributed by atoms with Gasteiger partial charge in [-0.15, -0.1) is 0 Å². The summed E-state index contributed by atoms with van der Waals surface area (Å²) in [6.07, 6.45) is 0. The second-order valence-electron chi connectivity index (χ2n) is 5.71. The number of carbonyl (C=O) groups is 2. The lowest BCUT2D eigenvalue weighted by molar-refractivity contribution is -0.123. The number of hydrogen-bond acceptors (Lipinski definition) is 5. The predicted octanol–water partition coefficient (Wildman–Crippen LogP) is 2.75. The molecule has 1 aromatic carbocycles. The number of rotatable bonds is 8. The monoisotopic (exact) mass is 346 g/mol. The van der Waals surface area contributed by atoms with E-state index in [0.29, 0.717) is 17.9 Å². The summed E-state index contributed by atoms with van der Waals surface area (Å²) >= 11 is 1.64. The molecule has 128 valence electrons. The molecule has 0 aliphatic heterocycles. The number of benzene rings is 1. The summed E-state index contributed by atoms with van der Waals surface area (Å²) in [5.41, 5.74) is 1.81. The zero-order chi connectivity index (χ0) is 17.5. The molecule has 0 spiro atoms. The summed E-state index contributed by atoms with van der Waals surface area (Å²) < 4.78 is 5.45. The van der Waals surface area contributed by atoms with Gasteiger partial charge in [0.25, 0.3) is 5.91 Å². The minimum absolute atomic E-state index is 0.00227. The molecule has 1 N–H and O–H groups in total. The lowest BCUT2D eigenvalue weighted by Gasteiger charge is -2.24. The van der Waals surface area contributed by atoms with Crippen LogP contribution < -0.4 is 10.1 Å². The van der Waals surface area contributed by atoms with Crippen LogP contribution >= 0.6 is 11.3 Å². The quantitative estimate of drug-likeness (QED) is 0.747. The van der Waals surface area contributed by atoms with Crippen molar-refractivity contribution in [3.8, 4) is 5.75 Å². The molecule has 2 rings (SSSR count). The van der Waals surface area contributed by atoms with Crippen molar-refractivity contribution in [3.05, 3.63) is 52.2 Å². The molecule has 1 heterocycles. The fourth-order valence-electron chi connectivity index (χ4n) is 2.26. The molecule has 6 heteroatoms. The number of nitrogens with one attached hydrogen (secondary N) is 1. The molecule has 0 aliphatic rings. The van der Waals surface area contributed by atoms with Crippen LogP contribution in [0.2, 0.25) is 0 Å². The van der Waals surface area contributed by atoms with Crippen LogP contribution in [0.25, 0.3) is 0 Å². The Morgan fingerprint density at radius 2 is 1.92 bits per heavy atom. The first kappa shape index (κ1) is 18.2. The van der Waals surface area contributed by atoms with Crippen molar-refractivity contribution in [2.24, 2.45) is 0 Å². The third kappa shape index (κ3) is 5.18. The number of nitrogens with zero attached hydrogens (tertiary/aromatic N) is 1. The Kier molecular flexibility index (Phi) is 6.52. The number of thiophene rings is 1. The number of ether oxygens (including phenoxy) is 1. The van der Waals surface area contributed by atoms with Gasteiger partial charge in [-0.25, -0.2) is 0 Å². The summed E-state index contributed by atoms with van der Waals surface area (Å²) in [7, 11) is 3.98. The van der Waals surface area contributed by atoms with Gasteiger partial charge in [-0.1, -0.05) is 0 Å². The summed E-state index contributed by atoms with van der Waals surface area (Å²) in [4.78, 5) is 25.3. The van der Waals surface area contributed by atoms with E-state index in [0.717, 1.165) is 0 Å². The summed E-state index contributed by atoms with van der Waals surface area (Å²) in [6.45, 7) is 1.98. The molecule has 0 saturated carbocycles. The Balaban J connectivity index is 1.81. The summed E-state index contributed by atoms with van der Waals surface area (Å²) in [5.74, 6) is 0.396. The van der Waals surface area contributed by atoms with E-state index in [2.05, 4.69) is 21.7 Å². The largest absolute Gasteiger partial charge is 0.484 e. The molecular formula is C18H22N2O3S. The van der Waals surface area contributed by atoms with Gasteiger partial charge in [0.05, 0.1) is 6.04 Å². The van der Waals surface area contributed by atoms with Crippen molar-refractivity contribution in [2.75, 3.05) is 27.2 Å². The molecular weight excluding hydrogens is 324 g/mol. The second kappa shape index (κ2) is 8.61. The van der Waals surface area contributed by atoms with Crippen LogP contribution in [0.1, 0.15) is 28.9 Å². The fraction of sp³-hybridized carbons (Fsp3) is 0.333. The van der Waals surface area contributed by atoms with E-state index < -0.39 is 0 Å². The van der Waals surface area contributed by atoms with Gasteiger partial charge < -0.3 is 15.0 Å². The van der Waals surface area contributed by atoms with Crippen molar-refractivity contribution in [3.63, 3.8) is 0 Å². The van der Waals surface area contributed by atoms with Crippen molar-refractivity contribution in [1.82, 2.24) is 10.2 Å². The Morgan fingerprint density at radius 1 is 1.21 bits per heavy atom. The standard InChI is InChI=1S/C18H22N2O3S/c1-13(21)14-4-6-16(7-5-14)23-11-18(22)19-10-17(20(2)3)15-8-9-24-12-15/h4-9,12,17H,10-11H2,1-3H3,(H,19,22). The zero-order valence-electron chi connectivity index (χ0n) is 14.1. The SMILES string of the molecule is CC(=O)c1ccc(OCC(=O)NCC(c2ccsc2)N(C)C)cc1. The molecule has 0 radical (unpaired) electrons. The molecule has 1 unspecified atom stereocenters. The van der Waals surface area contributed by atoms with E-state index in [-0.39, 0.29) is 24.3 Å². The topological polar surface area (TPSA) is 58.6 Å². The van der Waals surface area contributed by atoms with Gasteiger partial charge in [-0.2, -0.15) is 11.3 Å². The molecule has 0 aliphatic carbocycles. The maximum Gasteiger partial charge on any atom is 0.258 e. The van der Waals surface area contributed by atoms with E-state index in [1.807, 2.05) is 19.5 Å². The van der Waals surface area contributed by atoms with Gasteiger partial charge >= 0.3 is 0 Å². The Labute approximate surface area is 146 Å². The van der Waals surface area contributed by atoms with Crippen LogP contribution in [0.15, 0.2) is 41.1 Å². The summed E-state index contributed by atoms with van der Waals surface area (Å²) in [6, 6.07) is 8.96. The zero-order valence-corrected chi connectivity index (χ0v) is 14.9. The van der Waals surface area contributed by atoms with Gasteiger partial charge in [0.15, 0.2) is 12.4 Å². The molecule has 1 amide bonds. The van der Waals surface area contributed by atoms with Gasteiger partial charge in [0.2, 0.25) is 0 Å². The van der Waals surface area contributed by atoms with Gasteiger partial charge in [-0.3, -0.25) is 9.59 Å². The lowest BCUT2D eigenvalue weighted by Crippen LogP contribution is -2.36. The van der Waals surface area contributed by atoms with Crippen LogP contribution in [-0.4, -0.2) is 43.8 Å².